The number of halogens is 2. The van der Waals surface area contributed by atoms with E-state index in [0.717, 1.165) is 19.3 Å². The fourth-order valence-corrected chi connectivity index (χ4v) is 3.01. The fraction of sp³-hybridized carbons (Fsp3) is 0.500. The molecule has 2 atom stereocenters. The lowest BCUT2D eigenvalue weighted by Crippen LogP contribution is -2.31. The zero-order chi connectivity index (χ0) is 13.8. The molecular weight excluding hydrogens is 285 g/mol. The van der Waals surface area contributed by atoms with Crippen molar-refractivity contribution in [2.45, 2.75) is 19.3 Å². The van der Waals surface area contributed by atoms with Crippen LogP contribution in [0.2, 0.25) is 10.0 Å². The van der Waals surface area contributed by atoms with Gasteiger partial charge in [-0.15, -0.1) is 0 Å². The van der Waals surface area contributed by atoms with Crippen LogP contribution < -0.4 is 5.32 Å². The highest BCUT2D eigenvalue weighted by molar-refractivity contribution is 6.43. The molecular formula is C14H17Cl2NO2. The van der Waals surface area contributed by atoms with E-state index in [0.29, 0.717) is 29.0 Å². The van der Waals surface area contributed by atoms with Gasteiger partial charge in [-0.25, -0.2) is 0 Å². The number of carbonyl (C=O) groups is 1. The van der Waals surface area contributed by atoms with E-state index in [2.05, 4.69) is 5.32 Å². The van der Waals surface area contributed by atoms with Crippen molar-refractivity contribution in [3.63, 3.8) is 0 Å². The summed E-state index contributed by atoms with van der Waals surface area (Å²) in [4.78, 5) is 12.1. The lowest BCUT2D eigenvalue weighted by Gasteiger charge is -2.18. The van der Waals surface area contributed by atoms with Gasteiger partial charge in [0.05, 0.1) is 15.6 Å². The molecule has 104 valence electrons. The molecule has 1 saturated carbocycles. The van der Waals surface area contributed by atoms with Crippen molar-refractivity contribution in [1.82, 2.24) is 5.32 Å². The van der Waals surface area contributed by atoms with E-state index in [9.17, 15) is 9.90 Å². The summed E-state index contributed by atoms with van der Waals surface area (Å²) in [6, 6.07) is 5.01. The van der Waals surface area contributed by atoms with Crippen LogP contribution in [0.1, 0.15) is 29.6 Å². The summed E-state index contributed by atoms with van der Waals surface area (Å²) in [5, 5.41) is 12.8. The lowest BCUT2D eigenvalue weighted by molar-refractivity contribution is 0.0938. The van der Waals surface area contributed by atoms with Crippen molar-refractivity contribution in [2.24, 2.45) is 11.8 Å². The number of rotatable bonds is 4. The highest BCUT2D eigenvalue weighted by atomic mass is 35.5. The Morgan fingerprint density at radius 2 is 2.05 bits per heavy atom. The van der Waals surface area contributed by atoms with Gasteiger partial charge < -0.3 is 10.4 Å². The second-order valence-corrected chi connectivity index (χ2v) is 5.73. The van der Waals surface area contributed by atoms with E-state index < -0.39 is 0 Å². The number of amides is 1. The molecule has 0 heterocycles. The number of nitrogens with one attached hydrogen (secondary N) is 1. The Morgan fingerprint density at radius 1 is 1.32 bits per heavy atom. The van der Waals surface area contributed by atoms with Crippen molar-refractivity contribution in [3.05, 3.63) is 33.8 Å². The molecule has 1 fully saturated rings. The summed E-state index contributed by atoms with van der Waals surface area (Å²) in [6.45, 7) is 0.769. The second-order valence-electron chi connectivity index (χ2n) is 4.95. The van der Waals surface area contributed by atoms with Gasteiger partial charge in [-0.3, -0.25) is 4.79 Å². The quantitative estimate of drug-likeness (QED) is 0.897. The Morgan fingerprint density at radius 3 is 2.79 bits per heavy atom. The topological polar surface area (TPSA) is 49.3 Å². The van der Waals surface area contributed by atoms with Gasteiger partial charge in [-0.1, -0.05) is 35.7 Å². The van der Waals surface area contributed by atoms with Gasteiger partial charge in [-0.2, -0.15) is 0 Å². The molecule has 1 amide bonds. The maximum atomic E-state index is 12.1. The van der Waals surface area contributed by atoms with Crippen molar-refractivity contribution in [1.29, 1.82) is 0 Å². The van der Waals surface area contributed by atoms with E-state index >= 15 is 0 Å². The Hall–Kier alpha value is -0.770. The number of aliphatic hydroxyl groups excluding tert-OH is 1. The molecule has 19 heavy (non-hydrogen) atoms. The number of aliphatic hydroxyl groups is 1. The smallest absolute Gasteiger partial charge is 0.252 e. The van der Waals surface area contributed by atoms with Gasteiger partial charge in [-0.05, 0) is 36.8 Å². The molecule has 0 aliphatic heterocycles. The van der Waals surface area contributed by atoms with Crippen molar-refractivity contribution in [3.8, 4) is 0 Å². The molecule has 1 aliphatic rings. The van der Waals surface area contributed by atoms with E-state index in [4.69, 9.17) is 23.2 Å². The third-order valence-electron chi connectivity index (χ3n) is 3.77. The Kier molecular flexibility index (Phi) is 5.08. The maximum Gasteiger partial charge on any atom is 0.252 e. The zero-order valence-corrected chi connectivity index (χ0v) is 12.0. The third kappa shape index (κ3) is 3.41. The molecule has 2 N–H and O–H groups in total. The van der Waals surface area contributed by atoms with Gasteiger partial charge in [0, 0.05) is 13.2 Å². The predicted octanol–water partition coefficient (Wildman–Crippen LogP) is 3.13. The molecule has 3 nitrogen and oxygen atoms in total. The normalized spacial score (nSPS) is 22.5. The SMILES string of the molecule is O=C(NCC1CCCC1CO)c1cccc(Cl)c1Cl. The van der Waals surface area contributed by atoms with Crippen LogP contribution in [0.15, 0.2) is 18.2 Å². The van der Waals surface area contributed by atoms with Crippen molar-refractivity contribution >= 4 is 29.1 Å². The van der Waals surface area contributed by atoms with Crippen LogP contribution in [0.25, 0.3) is 0 Å². The van der Waals surface area contributed by atoms with Crippen molar-refractivity contribution in [2.75, 3.05) is 13.2 Å². The number of hydrogen-bond donors (Lipinski definition) is 2. The van der Waals surface area contributed by atoms with Gasteiger partial charge in [0.2, 0.25) is 0 Å². The maximum absolute atomic E-state index is 12.1. The first kappa shape index (κ1) is 14.6. The molecule has 0 radical (unpaired) electrons. The zero-order valence-electron chi connectivity index (χ0n) is 10.5. The predicted molar refractivity (Wildman–Crippen MR) is 76.7 cm³/mol. The van der Waals surface area contributed by atoms with Crippen LogP contribution >= 0.6 is 23.2 Å². The van der Waals surface area contributed by atoms with Crippen molar-refractivity contribution < 1.29 is 9.90 Å². The van der Waals surface area contributed by atoms with Gasteiger partial charge in [0.1, 0.15) is 0 Å². The highest BCUT2D eigenvalue weighted by Gasteiger charge is 2.27. The molecule has 0 bridgehead atoms. The average Bonchev–Trinajstić information content (AvgIpc) is 2.86. The summed E-state index contributed by atoms with van der Waals surface area (Å²) in [7, 11) is 0. The minimum atomic E-state index is -0.212. The lowest BCUT2D eigenvalue weighted by atomic mass is 9.97. The largest absolute Gasteiger partial charge is 0.396 e. The number of hydrogen-bond acceptors (Lipinski definition) is 2. The van der Waals surface area contributed by atoms with E-state index in [1.807, 2.05) is 0 Å². The monoisotopic (exact) mass is 301 g/mol. The van der Waals surface area contributed by atoms with Gasteiger partial charge >= 0.3 is 0 Å². The first-order valence-corrected chi connectivity index (χ1v) is 7.22. The summed E-state index contributed by atoms with van der Waals surface area (Å²) < 4.78 is 0. The fourth-order valence-electron chi connectivity index (χ4n) is 2.62. The molecule has 1 aromatic carbocycles. The first-order chi connectivity index (χ1) is 9.13. The van der Waals surface area contributed by atoms with Crippen LogP contribution in [-0.4, -0.2) is 24.2 Å². The molecule has 5 heteroatoms. The van der Waals surface area contributed by atoms with Crippen LogP contribution in [0.4, 0.5) is 0 Å². The third-order valence-corrected chi connectivity index (χ3v) is 4.59. The minimum Gasteiger partial charge on any atom is -0.396 e. The number of carbonyl (C=O) groups excluding carboxylic acids is 1. The van der Waals surface area contributed by atoms with E-state index in [1.54, 1.807) is 18.2 Å². The molecule has 0 saturated heterocycles. The Balaban J connectivity index is 1.96. The minimum absolute atomic E-state index is 0.193. The van der Waals surface area contributed by atoms with Crippen LogP contribution in [-0.2, 0) is 0 Å². The van der Waals surface area contributed by atoms with Gasteiger partial charge in [0.25, 0.3) is 5.91 Å². The molecule has 2 rings (SSSR count). The molecule has 0 aromatic heterocycles. The van der Waals surface area contributed by atoms with E-state index in [1.165, 1.54) is 0 Å². The highest BCUT2D eigenvalue weighted by Crippen LogP contribution is 2.31. The molecule has 2 unspecified atom stereocenters. The standard InChI is InChI=1S/C14H17Cl2NO2/c15-12-6-2-5-11(13(12)16)14(19)17-7-9-3-1-4-10(9)8-18/h2,5-6,9-10,18H,1,3-4,7-8H2,(H,17,19). The van der Waals surface area contributed by atoms with Crippen LogP contribution in [0.5, 0.6) is 0 Å². The number of benzene rings is 1. The summed E-state index contributed by atoms with van der Waals surface area (Å²) >= 11 is 11.9. The van der Waals surface area contributed by atoms with Crippen LogP contribution in [0, 0.1) is 11.8 Å². The summed E-state index contributed by atoms with van der Waals surface area (Å²) in [6.07, 6.45) is 3.20. The van der Waals surface area contributed by atoms with E-state index in [-0.39, 0.29) is 17.5 Å². The molecule has 0 spiro atoms. The first-order valence-electron chi connectivity index (χ1n) is 6.46. The summed E-state index contributed by atoms with van der Waals surface area (Å²) in [5.41, 5.74) is 0.396. The molecule has 1 aromatic rings. The average molecular weight is 302 g/mol. The Labute approximate surface area is 122 Å². The summed E-state index contributed by atoms with van der Waals surface area (Å²) in [5.74, 6) is 0.443. The Bertz CT molecular complexity index is 465. The second kappa shape index (κ2) is 6.60. The molecule has 1 aliphatic carbocycles. The van der Waals surface area contributed by atoms with Crippen LogP contribution in [0.3, 0.4) is 0 Å². The van der Waals surface area contributed by atoms with Gasteiger partial charge in [0.15, 0.2) is 0 Å².